The van der Waals surface area contributed by atoms with Gasteiger partial charge in [0.05, 0.1) is 18.7 Å². The van der Waals surface area contributed by atoms with Crippen LogP contribution < -0.4 is 11.1 Å². The van der Waals surface area contributed by atoms with E-state index in [1.807, 2.05) is 0 Å². The Morgan fingerprint density at radius 2 is 2.00 bits per heavy atom. The Morgan fingerprint density at radius 3 is 2.50 bits per heavy atom. The zero-order chi connectivity index (χ0) is 15.4. The van der Waals surface area contributed by atoms with Crippen LogP contribution in [0.5, 0.6) is 0 Å². The lowest BCUT2D eigenvalue weighted by Gasteiger charge is -2.22. The minimum Gasteiger partial charge on any atom is -0.480 e. The number of aliphatic hydroxyl groups is 1. The van der Waals surface area contributed by atoms with E-state index in [2.05, 4.69) is 5.32 Å². The van der Waals surface area contributed by atoms with Gasteiger partial charge in [0.1, 0.15) is 6.04 Å². The second kappa shape index (κ2) is 6.67. The molecule has 3 atom stereocenters. The van der Waals surface area contributed by atoms with E-state index in [1.54, 1.807) is 13.8 Å². The summed E-state index contributed by atoms with van der Waals surface area (Å²) in [4.78, 5) is 35.6. The van der Waals surface area contributed by atoms with Crippen molar-refractivity contribution in [3.05, 3.63) is 0 Å². The minimum absolute atomic E-state index is 0.000524. The van der Waals surface area contributed by atoms with Crippen LogP contribution in [-0.4, -0.2) is 64.2 Å². The second-order valence-electron chi connectivity index (χ2n) is 5.28. The van der Waals surface area contributed by atoms with E-state index in [0.29, 0.717) is 0 Å². The number of nitrogens with zero attached hydrogens (tertiary/aromatic N) is 1. The number of aliphatic carboxylic acids is 1. The quantitative estimate of drug-likeness (QED) is 0.468. The lowest BCUT2D eigenvalue weighted by molar-refractivity contribution is -0.148. The van der Waals surface area contributed by atoms with Gasteiger partial charge in [-0.3, -0.25) is 9.59 Å². The first-order valence-corrected chi connectivity index (χ1v) is 6.47. The molecule has 5 N–H and O–H groups in total. The molecule has 0 aromatic heterocycles. The van der Waals surface area contributed by atoms with Crippen LogP contribution in [0.15, 0.2) is 0 Å². The third-order valence-electron chi connectivity index (χ3n) is 3.32. The third kappa shape index (κ3) is 3.91. The van der Waals surface area contributed by atoms with Gasteiger partial charge in [0.15, 0.2) is 0 Å². The average Bonchev–Trinajstić information content (AvgIpc) is 2.76. The number of carboxylic acid groups (broad SMARTS) is 1. The molecule has 1 aliphatic rings. The Kier molecular flexibility index (Phi) is 5.46. The fourth-order valence-electron chi connectivity index (χ4n) is 2.01. The number of hydrogen-bond acceptors (Lipinski definition) is 5. The summed E-state index contributed by atoms with van der Waals surface area (Å²) < 4.78 is 0. The van der Waals surface area contributed by atoms with Gasteiger partial charge in [-0.25, -0.2) is 4.79 Å². The van der Waals surface area contributed by atoms with Crippen molar-refractivity contribution in [1.29, 1.82) is 0 Å². The number of carboxylic acids is 1. The van der Waals surface area contributed by atoms with E-state index in [-0.39, 0.29) is 25.4 Å². The molecule has 1 heterocycles. The summed E-state index contributed by atoms with van der Waals surface area (Å²) in [5.41, 5.74) is 5.63. The summed E-state index contributed by atoms with van der Waals surface area (Å²) >= 11 is 0. The molecule has 1 fully saturated rings. The Labute approximate surface area is 116 Å². The van der Waals surface area contributed by atoms with Crippen molar-refractivity contribution in [3.8, 4) is 0 Å². The number of nitrogens with one attached hydrogen (secondary N) is 1. The molecule has 2 amide bonds. The van der Waals surface area contributed by atoms with Crippen LogP contribution in [0, 0.1) is 5.92 Å². The number of β-amino-alcohol motifs (C(OH)–C–C–N with tert-alkyl or cyclic N) is 1. The fourth-order valence-corrected chi connectivity index (χ4v) is 2.01. The van der Waals surface area contributed by atoms with E-state index < -0.39 is 36.0 Å². The van der Waals surface area contributed by atoms with E-state index in [0.717, 1.165) is 4.90 Å². The standard InChI is InChI=1S/C12H21N3O5/c1-6(2)10(13)11(18)14-4-9(17)15-5-7(16)3-8(15)12(19)20/h6-8,10,16H,3-5,13H2,1-2H3,(H,14,18)(H,19,20)/t7-,8+,10+/m1/s1. The van der Waals surface area contributed by atoms with Crippen LogP contribution in [-0.2, 0) is 14.4 Å². The summed E-state index contributed by atoms with van der Waals surface area (Å²) in [5, 5.41) is 20.8. The van der Waals surface area contributed by atoms with Crippen LogP contribution in [0.4, 0.5) is 0 Å². The second-order valence-corrected chi connectivity index (χ2v) is 5.28. The first kappa shape index (κ1) is 16.4. The maximum atomic E-state index is 11.9. The highest BCUT2D eigenvalue weighted by Gasteiger charge is 2.38. The number of amides is 2. The lowest BCUT2D eigenvalue weighted by Crippen LogP contribution is -2.49. The zero-order valence-corrected chi connectivity index (χ0v) is 11.6. The monoisotopic (exact) mass is 287 g/mol. The van der Waals surface area contributed by atoms with Crippen LogP contribution >= 0.6 is 0 Å². The van der Waals surface area contributed by atoms with Crippen LogP contribution in [0.25, 0.3) is 0 Å². The lowest BCUT2D eigenvalue weighted by atomic mass is 10.1. The molecule has 1 saturated heterocycles. The maximum absolute atomic E-state index is 11.9. The molecule has 1 rings (SSSR count). The van der Waals surface area contributed by atoms with E-state index in [4.69, 9.17) is 10.8 Å². The van der Waals surface area contributed by atoms with Crippen molar-refractivity contribution in [2.24, 2.45) is 11.7 Å². The Morgan fingerprint density at radius 1 is 1.40 bits per heavy atom. The van der Waals surface area contributed by atoms with Crippen molar-refractivity contribution in [2.45, 2.75) is 38.5 Å². The summed E-state index contributed by atoms with van der Waals surface area (Å²) in [6.07, 6.45) is -0.853. The third-order valence-corrected chi connectivity index (χ3v) is 3.32. The summed E-state index contributed by atoms with van der Waals surface area (Å²) in [7, 11) is 0. The topological polar surface area (TPSA) is 133 Å². The summed E-state index contributed by atoms with van der Waals surface area (Å²) in [6, 6.07) is -1.77. The molecule has 20 heavy (non-hydrogen) atoms. The smallest absolute Gasteiger partial charge is 0.326 e. The van der Waals surface area contributed by atoms with Gasteiger partial charge in [0, 0.05) is 13.0 Å². The van der Waals surface area contributed by atoms with Crippen molar-refractivity contribution >= 4 is 17.8 Å². The largest absolute Gasteiger partial charge is 0.480 e. The number of aliphatic hydroxyl groups excluding tert-OH is 1. The molecule has 8 heteroatoms. The first-order valence-electron chi connectivity index (χ1n) is 6.47. The van der Waals surface area contributed by atoms with Gasteiger partial charge in [0.25, 0.3) is 0 Å². The van der Waals surface area contributed by atoms with Gasteiger partial charge in [-0.15, -0.1) is 0 Å². The van der Waals surface area contributed by atoms with Gasteiger partial charge in [-0.2, -0.15) is 0 Å². The minimum atomic E-state index is -1.17. The number of hydrogen-bond donors (Lipinski definition) is 4. The molecule has 8 nitrogen and oxygen atoms in total. The van der Waals surface area contributed by atoms with Crippen LogP contribution in [0.2, 0.25) is 0 Å². The molecule has 0 spiro atoms. The predicted molar refractivity (Wildman–Crippen MR) is 69.6 cm³/mol. The Hall–Kier alpha value is -1.67. The van der Waals surface area contributed by atoms with Crippen molar-refractivity contribution in [3.63, 3.8) is 0 Å². The molecule has 0 radical (unpaired) electrons. The molecular weight excluding hydrogens is 266 g/mol. The molecular formula is C12H21N3O5. The molecule has 1 aliphatic heterocycles. The number of nitrogens with two attached hydrogens (primary N) is 1. The van der Waals surface area contributed by atoms with Crippen LogP contribution in [0.1, 0.15) is 20.3 Å². The summed E-state index contributed by atoms with van der Waals surface area (Å²) in [6.45, 7) is 3.20. The molecule has 114 valence electrons. The van der Waals surface area contributed by atoms with Crippen molar-refractivity contribution < 1.29 is 24.6 Å². The molecule has 0 bridgehead atoms. The Balaban J connectivity index is 2.54. The average molecular weight is 287 g/mol. The van der Waals surface area contributed by atoms with Crippen molar-refractivity contribution in [2.75, 3.05) is 13.1 Å². The highest BCUT2D eigenvalue weighted by molar-refractivity contribution is 5.90. The van der Waals surface area contributed by atoms with Gasteiger partial charge < -0.3 is 26.2 Å². The predicted octanol–water partition coefficient (Wildman–Crippen LogP) is -1.87. The molecule has 0 aromatic carbocycles. The number of carbonyl (C=O) groups is 3. The Bertz CT molecular complexity index is 399. The van der Waals surface area contributed by atoms with Gasteiger partial charge in [-0.1, -0.05) is 13.8 Å². The SMILES string of the molecule is CC(C)[C@H](N)C(=O)NCC(=O)N1C[C@H](O)C[C@H]1C(=O)O. The molecule has 0 unspecified atom stereocenters. The maximum Gasteiger partial charge on any atom is 0.326 e. The highest BCUT2D eigenvalue weighted by atomic mass is 16.4. The van der Waals surface area contributed by atoms with Gasteiger partial charge in [0.2, 0.25) is 11.8 Å². The van der Waals surface area contributed by atoms with E-state index in [1.165, 1.54) is 0 Å². The van der Waals surface area contributed by atoms with E-state index in [9.17, 15) is 19.5 Å². The number of carbonyl (C=O) groups excluding carboxylic acids is 2. The van der Waals surface area contributed by atoms with Crippen molar-refractivity contribution in [1.82, 2.24) is 10.2 Å². The molecule has 0 saturated carbocycles. The normalized spacial score (nSPS) is 23.8. The fraction of sp³-hybridized carbons (Fsp3) is 0.750. The highest BCUT2D eigenvalue weighted by Crippen LogP contribution is 2.18. The van der Waals surface area contributed by atoms with Crippen LogP contribution in [0.3, 0.4) is 0 Å². The molecule has 0 aromatic rings. The number of likely N-dealkylation sites (tertiary alicyclic amines) is 1. The number of rotatable bonds is 5. The summed E-state index contributed by atoms with van der Waals surface area (Å²) in [5.74, 6) is -2.23. The first-order chi connectivity index (χ1) is 9.23. The van der Waals surface area contributed by atoms with E-state index >= 15 is 0 Å². The van der Waals surface area contributed by atoms with Gasteiger partial charge >= 0.3 is 5.97 Å². The zero-order valence-electron chi connectivity index (χ0n) is 11.6. The van der Waals surface area contributed by atoms with Gasteiger partial charge in [-0.05, 0) is 5.92 Å². The molecule has 0 aliphatic carbocycles.